The van der Waals surface area contributed by atoms with Crippen molar-refractivity contribution in [2.24, 2.45) is 0 Å². The van der Waals surface area contributed by atoms with Crippen LogP contribution >= 0.6 is 11.3 Å². The molecule has 21 heavy (non-hydrogen) atoms. The molecule has 0 aliphatic carbocycles. The number of hydrogen-bond acceptors (Lipinski definition) is 5. The van der Waals surface area contributed by atoms with E-state index in [0.29, 0.717) is 5.92 Å². The van der Waals surface area contributed by atoms with E-state index in [-0.39, 0.29) is 0 Å². The Balaban J connectivity index is 1.64. The quantitative estimate of drug-likeness (QED) is 0.871. The van der Waals surface area contributed by atoms with Crippen LogP contribution in [0.3, 0.4) is 0 Å². The summed E-state index contributed by atoms with van der Waals surface area (Å²) in [7, 11) is 0. The van der Waals surface area contributed by atoms with Crippen LogP contribution in [0.1, 0.15) is 30.3 Å². The minimum absolute atomic E-state index is 0.463. The molecule has 2 heterocycles. The molecule has 0 spiro atoms. The van der Waals surface area contributed by atoms with Crippen molar-refractivity contribution in [2.75, 3.05) is 36.0 Å². The van der Waals surface area contributed by atoms with Crippen molar-refractivity contribution in [3.8, 4) is 0 Å². The summed E-state index contributed by atoms with van der Waals surface area (Å²) in [5.74, 6) is 0.463. The summed E-state index contributed by atoms with van der Waals surface area (Å²) >= 11 is 1.73. The van der Waals surface area contributed by atoms with Crippen LogP contribution in [0.25, 0.3) is 0 Å². The minimum Gasteiger partial charge on any atom is -0.368 e. The predicted molar refractivity (Wildman–Crippen MR) is 89.6 cm³/mol. The Bertz CT molecular complexity index is 600. The lowest BCUT2D eigenvalue weighted by molar-refractivity contribution is 0.649. The average molecular weight is 302 g/mol. The first-order valence-electron chi connectivity index (χ1n) is 7.53. The molecule has 0 atom stereocenters. The molecule has 0 saturated carbocycles. The second-order valence-corrected chi connectivity index (χ2v) is 6.88. The van der Waals surface area contributed by atoms with Gasteiger partial charge in [-0.25, -0.2) is 0 Å². The van der Waals surface area contributed by atoms with E-state index < -0.39 is 0 Å². The van der Waals surface area contributed by atoms with Gasteiger partial charge in [-0.15, -0.1) is 10.2 Å². The van der Waals surface area contributed by atoms with E-state index in [1.54, 1.807) is 11.3 Å². The lowest BCUT2D eigenvalue weighted by Gasteiger charge is -2.35. The summed E-state index contributed by atoms with van der Waals surface area (Å²) in [6, 6.07) is 8.74. The van der Waals surface area contributed by atoms with Crippen molar-refractivity contribution in [2.45, 2.75) is 26.7 Å². The lowest BCUT2D eigenvalue weighted by Crippen LogP contribution is -2.46. The molecule has 1 fully saturated rings. The number of aryl methyl sites for hydroxylation is 1. The first-order chi connectivity index (χ1) is 10.1. The Hall–Kier alpha value is -1.62. The van der Waals surface area contributed by atoms with Crippen molar-refractivity contribution in [3.63, 3.8) is 0 Å². The van der Waals surface area contributed by atoms with Gasteiger partial charge in [0.25, 0.3) is 0 Å². The van der Waals surface area contributed by atoms with Gasteiger partial charge in [-0.05, 0) is 24.6 Å². The fourth-order valence-corrected chi connectivity index (χ4v) is 3.47. The van der Waals surface area contributed by atoms with Crippen LogP contribution in [0.4, 0.5) is 10.8 Å². The highest BCUT2D eigenvalue weighted by Crippen LogP contribution is 2.27. The lowest BCUT2D eigenvalue weighted by atomic mass is 10.2. The van der Waals surface area contributed by atoms with Gasteiger partial charge in [0.05, 0.1) is 0 Å². The normalized spacial score (nSPS) is 15.8. The topological polar surface area (TPSA) is 32.3 Å². The zero-order valence-electron chi connectivity index (χ0n) is 12.9. The molecule has 2 aromatic rings. The van der Waals surface area contributed by atoms with Crippen LogP contribution in [-0.2, 0) is 0 Å². The standard InChI is InChI=1S/C16H22N4S/c1-12(2)15-17-18-16(21-15)20-9-7-19(8-10-20)14-6-4-5-13(3)11-14/h4-6,11-12H,7-10H2,1-3H3. The zero-order chi connectivity index (χ0) is 14.8. The van der Waals surface area contributed by atoms with Crippen LogP contribution < -0.4 is 9.80 Å². The summed E-state index contributed by atoms with van der Waals surface area (Å²) in [5.41, 5.74) is 2.65. The maximum Gasteiger partial charge on any atom is 0.208 e. The molecule has 4 nitrogen and oxygen atoms in total. The van der Waals surface area contributed by atoms with Gasteiger partial charge in [0.2, 0.25) is 5.13 Å². The maximum absolute atomic E-state index is 4.35. The third-order valence-electron chi connectivity index (χ3n) is 3.84. The molecule has 3 rings (SSSR count). The molecular weight excluding hydrogens is 280 g/mol. The van der Waals surface area contributed by atoms with Crippen LogP contribution in [0, 0.1) is 6.92 Å². The van der Waals surface area contributed by atoms with Crippen molar-refractivity contribution in [3.05, 3.63) is 34.8 Å². The first-order valence-corrected chi connectivity index (χ1v) is 8.35. The Morgan fingerprint density at radius 2 is 1.76 bits per heavy atom. The number of hydrogen-bond donors (Lipinski definition) is 0. The molecule has 1 aliphatic heterocycles. The third kappa shape index (κ3) is 3.18. The van der Waals surface area contributed by atoms with Gasteiger partial charge in [-0.3, -0.25) is 0 Å². The molecule has 0 amide bonds. The van der Waals surface area contributed by atoms with Gasteiger partial charge < -0.3 is 9.80 Å². The largest absolute Gasteiger partial charge is 0.368 e. The van der Waals surface area contributed by atoms with Gasteiger partial charge in [-0.1, -0.05) is 37.3 Å². The Kier molecular flexibility index (Phi) is 4.10. The summed E-state index contributed by atoms with van der Waals surface area (Å²) in [5, 5.41) is 10.8. The first kappa shape index (κ1) is 14.3. The summed E-state index contributed by atoms with van der Waals surface area (Å²) < 4.78 is 0. The number of piperazine rings is 1. The van der Waals surface area contributed by atoms with Crippen molar-refractivity contribution in [1.82, 2.24) is 10.2 Å². The summed E-state index contributed by atoms with van der Waals surface area (Å²) in [4.78, 5) is 4.81. The highest BCUT2D eigenvalue weighted by atomic mass is 32.1. The van der Waals surface area contributed by atoms with E-state index in [0.717, 1.165) is 36.3 Å². The van der Waals surface area contributed by atoms with Crippen LogP contribution in [0.15, 0.2) is 24.3 Å². The molecule has 0 N–H and O–H groups in total. The van der Waals surface area contributed by atoms with Crippen molar-refractivity contribution < 1.29 is 0 Å². The van der Waals surface area contributed by atoms with Crippen molar-refractivity contribution in [1.29, 1.82) is 0 Å². The van der Waals surface area contributed by atoms with E-state index >= 15 is 0 Å². The maximum atomic E-state index is 4.35. The number of nitrogens with zero attached hydrogens (tertiary/aromatic N) is 4. The number of aromatic nitrogens is 2. The molecule has 0 unspecified atom stereocenters. The second-order valence-electron chi connectivity index (χ2n) is 5.89. The third-order valence-corrected chi connectivity index (χ3v) is 5.13. The number of benzene rings is 1. The highest BCUT2D eigenvalue weighted by molar-refractivity contribution is 7.15. The van der Waals surface area contributed by atoms with E-state index in [1.807, 2.05) is 0 Å². The van der Waals surface area contributed by atoms with Gasteiger partial charge in [0.1, 0.15) is 5.01 Å². The summed E-state index contributed by atoms with van der Waals surface area (Å²) in [6.45, 7) is 10.6. The Morgan fingerprint density at radius 1 is 1.05 bits per heavy atom. The molecule has 0 bridgehead atoms. The number of rotatable bonds is 3. The molecular formula is C16H22N4S. The molecule has 5 heteroatoms. The monoisotopic (exact) mass is 302 g/mol. The molecule has 1 saturated heterocycles. The molecule has 1 aromatic carbocycles. The zero-order valence-corrected chi connectivity index (χ0v) is 13.7. The van der Waals surface area contributed by atoms with Gasteiger partial charge >= 0.3 is 0 Å². The fraction of sp³-hybridized carbons (Fsp3) is 0.500. The predicted octanol–water partition coefficient (Wildman–Crippen LogP) is 3.30. The van der Waals surface area contributed by atoms with E-state index in [1.165, 1.54) is 11.3 Å². The van der Waals surface area contributed by atoms with Gasteiger partial charge in [0, 0.05) is 37.8 Å². The van der Waals surface area contributed by atoms with Crippen molar-refractivity contribution >= 4 is 22.2 Å². The molecule has 1 aliphatic rings. The summed E-state index contributed by atoms with van der Waals surface area (Å²) in [6.07, 6.45) is 0. The molecule has 1 aromatic heterocycles. The second kappa shape index (κ2) is 6.02. The van der Waals surface area contributed by atoms with Crippen LogP contribution in [-0.4, -0.2) is 36.4 Å². The van der Waals surface area contributed by atoms with Crippen LogP contribution in [0.5, 0.6) is 0 Å². The molecule has 112 valence electrons. The van der Waals surface area contributed by atoms with E-state index in [9.17, 15) is 0 Å². The smallest absolute Gasteiger partial charge is 0.208 e. The molecule has 0 radical (unpaired) electrons. The van der Waals surface area contributed by atoms with E-state index in [4.69, 9.17) is 0 Å². The van der Waals surface area contributed by atoms with E-state index in [2.05, 4.69) is 65.0 Å². The average Bonchev–Trinajstić information content (AvgIpc) is 2.97. The minimum atomic E-state index is 0.463. The Labute approximate surface area is 130 Å². The van der Waals surface area contributed by atoms with Gasteiger partial charge in [-0.2, -0.15) is 0 Å². The van der Waals surface area contributed by atoms with Gasteiger partial charge in [0.15, 0.2) is 0 Å². The van der Waals surface area contributed by atoms with Crippen LogP contribution in [0.2, 0.25) is 0 Å². The highest BCUT2D eigenvalue weighted by Gasteiger charge is 2.20. The fourth-order valence-electron chi connectivity index (χ4n) is 2.57. The number of anilines is 2. The SMILES string of the molecule is Cc1cccc(N2CCN(c3nnc(C(C)C)s3)CC2)c1. The Morgan fingerprint density at radius 3 is 2.38 bits per heavy atom.